The minimum absolute atomic E-state index is 0.0400. The van der Waals surface area contributed by atoms with Gasteiger partial charge in [-0.15, -0.1) is 11.8 Å². The van der Waals surface area contributed by atoms with Crippen LogP contribution in [0.5, 0.6) is 0 Å². The van der Waals surface area contributed by atoms with Crippen LogP contribution < -0.4 is 10.6 Å². The average molecular weight is 308 g/mol. The van der Waals surface area contributed by atoms with Gasteiger partial charge in [0.1, 0.15) is 0 Å². The second-order valence-corrected chi connectivity index (χ2v) is 7.57. The van der Waals surface area contributed by atoms with Crippen LogP contribution in [0.4, 0.5) is 0 Å². The molecule has 0 aromatic heterocycles. The Morgan fingerprint density at radius 2 is 1.71 bits per heavy atom. The SMILES string of the molecule is CC(C)(C)SCC(=O)NCC(=O)NCCc1ccccc1. The van der Waals surface area contributed by atoms with Crippen LogP contribution in [0.2, 0.25) is 0 Å². The summed E-state index contributed by atoms with van der Waals surface area (Å²) < 4.78 is 0.0509. The van der Waals surface area contributed by atoms with Crippen molar-refractivity contribution in [2.75, 3.05) is 18.8 Å². The maximum Gasteiger partial charge on any atom is 0.239 e. The fraction of sp³-hybridized carbons (Fsp3) is 0.500. The van der Waals surface area contributed by atoms with Crippen LogP contribution in [-0.4, -0.2) is 35.4 Å². The number of amides is 2. The lowest BCUT2D eigenvalue weighted by molar-refractivity contribution is -0.124. The first kappa shape index (κ1) is 17.6. The largest absolute Gasteiger partial charge is 0.354 e. The van der Waals surface area contributed by atoms with Crippen molar-refractivity contribution in [3.63, 3.8) is 0 Å². The molecule has 116 valence electrons. The van der Waals surface area contributed by atoms with Gasteiger partial charge in [0.05, 0.1) is 12.3 Å². The van der Waals surface area contributed by atoms with Crippen molar-refractivity contribution in [3.8, 4) is 0 Å². The molecule has 1 rings (SSSR count). The first-order chi connectivity index (χ1) is 9.87. The standard InChI is InChI=1S/C16H24N2O2S/c1-16(2,3)21-12-15(20)18-11-14(19)17-10-9-13-7-5-4-6-8-13/h4-8H,9-12H2,1-3H3,(H,17,19)(H,18,20). The summed E-state index contributed by atoms with van der Waals surface area (Å²) in [6.45, 7) is 6.79. The Bertz CT molecular complexity index is 455. The summed E-state index contributed by atoms with van der Waals surface area (Å²) in [5.41, 5.74) is 1.18. The molecule has 0 aliphatic heterocycles. The maximum absolute atomic E-state index is 11.6. The van der Waals surface area contributed by atoms with Crippen LogP contribution in [0.3, 0.4) is 0 Å². The van der Waals surface area contributed by atoms with Crippen LogP contribution in [0.1, 0.15) is 26.3 Å². The van der Waals surface area contributed by atoms with Gasteiger partial charge in [-0.25, -0.2) is 0 Å². The monoisotopic (exact) mass is 308 g/mol. The Kier molecular flexibility index (Phi) is 7.29. The van der Waals surface area contributed by atoms with E-state index in [4.69, 9.17) is 0 Å². The molecule has 1 aromatic rings. The highest BCUT2D eigenvalue weighted by Gasteiger charge is 2.13. The lowest BCUT2D eigenvalue weighted by Gasteiger charge is -2.16. The third-order valence-electron chi connectivity index (χ3n) is 2.66. The summed E-state index contributed by atoms with van der Waals surface area (Å²) in [5, 5.41) is 5.43. The van der Waals surface area contributed by atoms with E-state index < -0.39 is 0 Å². The molecule has 2 amide bonds. The molecule has 0 aliphatic carbocycles. The van der Waals surface area contributed by atoms with E-state index in [2.05, 4.69) is 31.4 Å². The van der Waals surface area contributed by atoms with Crippen molar-refractivity contribution < 1.29 is 9.59 Å². The number of hydrogen-bond acceptors (Lipinski definition) is 3. The highest BCUT2D eigenvalue weighted by molar-refractivity contribution is 8.01. The Hall–Kier alpha value is -1.49. The predicted octanol–water partition coefficient (Wildman–Crippen LogP) is 1.99. The van der Waals surface area contributed by atoms with Crippen LogP contribution in [0, 0.1) is 0 Å². The zero-order valence-corrected chi connectivity index (χ0v) is 13.8. The molecule has 2 N–H and O–H groups in total. The molecule has 0 fully saturated rings. The highest BCUT2D eigenvalue weighted by Crippen LogP contribution is 2.22. The van der Waals surface area contributed by atoms with Gasteiger partial charge in [0, 0.05) is 11.3 Å². The van der Waals surface area contributed by atoms with Crippen LogP contribution in [0.25, 0.3) is 0 Å². The molecular formula is C16H24N2O2S. The topological polar surface area (TPSA) is 58.2 Å². The second-order valence-electron chi connectivity index (χ2n) is 5.76. The van der Waals surface area contributed by atoms with E-state index in [0.717, 1.165) is 6.42 Å². The summed E-state index contributed by atoms with van der Waals surface area (Å²) in [5.74, 6) is 0.119. The summed E-state index contributed by atoms with van der Waals surface area (Å²) in [4.78, 5) is 23.2. The van der Waals surface area contributed by atoms with Crippen molar-refractivity contribution in [2.24, 2.45) is 0 Å². The van der Waals surface area contributed by atoms with Gasteiger partial charge in [0.2, 0.25) is 11.8 Å². The number of rotatable bonds is 7. The van der Waals surface area contributed by atoms with E-state index in [1.807, 2.05) is 30.3 Å². The average Bonchev–Trinajstić information content (AvgIpc) is 2.43. The molecule has 0 radical (unpaired) electrons. The zero-order valence-electron chi connectivity index (χ0n) is 12.9. The molecule has 0 bridgehead atoms. The molecule has 0 unspecified atom stereocenters. The van der Waals surface area contributed by atoms with E-state index in [0.29, 0.717) is 12.3 Å². The molecule has 4 nitrogen and oxygen atoms in total. The second kappa shape index (κ2) is 8.72. The number of nitrogens with one attached hydrogen (secondary N) is 2. The molecule has 0 heterocycles. The molecule has 1 aromatic carbocycles. The fourth-order valence-electron chi connectivity index (χ4n) is 1.57. The van der Waals surface area contributed by atoms with Crippen molar-refractivity contribution >= 4 is 23.6 Å². The molecular weight excluding hydrogens is 284 g/mol. The van der Waals surface area contributed by atoms with Gasteiger partial charge in [-0.3, -0.25) is 9.59 Å². The Labute approximate surface area is 131 Å². The van der Waals surface area contributed by atoms with Crippen LogP contribution in [0.15, 0.2) is 30.3 Å². The quantitative estimate of drug-likeness (QED) is 0.810. The summed E-state index contributed by atoms with van der Waals surface area (Å²) >= 11 is 1.56. The zero-order chi connectivity index (χ0) is 15.7. The Morgan fingerprint density at radius 3 is 2.33 bits per heavy atom. The first-order valence-electron chi connectivity index (χ1n) is 7.08. The minimum Gasteiger partial charge on any atom is -0.354 e. The van der Waals surface area contributed by atoms with E-state index >= 15 is 0 Å². The summed E-state index contributed by atoms with van der Waals surface area (Å²) in [7, 11) is 0. The number of thioether (sulfide) groups is 1. The van der Waals surface area contributed by atoms with Gasteiger partial charge >= 0.3 is 0 Å². The lowest BCUT2D eigenvalue weighted by atomic mass is 10.1. The summed E-state index contributed by atoms with van der Waals surface area (Å²) in [6, 6.07) is 9.97. The maximum atomic E-state index is 11.6. The number of carbonyl (C=O) groups excluding carboxylic acids is 2. The van der Waals surface area contributed by atoms with Crippen LogP contribution in [-0.2, 0) is 16.0 Å². The van der Waals surface area contributed by atoms with E-state index in [1.54, 1.807) is 11.8 Å². The number of benzene rings is 1. The van der Waals surface area contributed by atoms with Crippen molar-refractivity contribution in [3.05, 3.63) is 35.9 Å². The molecule has 0 spiro atoms. The third-order valence-corrected chi connectivity index (χ3v) is 3.93. The Morgan fingerprint density at radius 1 is 1.05 bits per heavy atom. The van der Waals surface area contributed by atoms with E-state index in [1.165, 1.54) is 5.56 Å². The Balaban J connectivity index is 2.12. The van der Waals surface area contributed by atoms with Crippen molar-refractivity contribution in [2.45, 2.75) is 31.9 Å². The summed E-state index contributed by atoms with van der Waals surface area (Å²) in [6.07, 6.45) is 0.792. The molecule has 5 heteroatoms. The fourth-order valence-corrected chi connectivity index (χ4v) is 2.23. The van der Waals surface area contributed by atoms with Gasteiger partial charge in [-0.2, -0.15) is 0 Å². The normalized spacial score (nSPS) is 11.0. The van der Waals surface area contributed by atoms with E-state index in [-0.39, 0.29) is 23.1 Å². The predicted molar refractivity (Wildman–Crippen MR) is 88.4 cm³/mol. The highest BCUT2D eigenvalue weighted by atomic mass is 32.2. The minimum atomic E-state index is -0.153. The van der Waals surface area contributed by atoms with Gasteiger partial charge in [-0.05, 0) is 12.0 Å². The molecule has 21 heavy (non-hydrogen) atoms. The van der Waals surface area contributed by atoms with Gasteiger partial charge < -0.3 is 10.6 Å². The molecule has 0 saturated carbocycles. The lowest BCUT2D eigenvalue weighted by Crippen LogP contribution is -2.38. The first-order valence-corrected chi connectivity index (χ1v) is 8.07. The van der Waals surface area contributed by atoms with Crippen molar-refractivity contribution in [1.29, 1.82) is 0 Å². The number of carbonyl (C=O) groups is 2. The molecule has 0 atom stereocenters. The van der Waals surface area contributed by atoms with Crippen LogP contribution >= 0.6 is 11.8 Å². The van der Waals surface area contributed by atoms with Gasteiger partial charge in [-0.1, -0.05) is 51.1 Å². The van der Waals surface area contributed by atoms with Gasteiger partial charge in [0.25, 0.3) is 0 Å². The molecule has 0 aliphatic rings. The van der Waals surface area contributed by atoms with Crippen molar-refractivity contribution in [1.82, 2.24) is 10.6 Å². The third kappa shape index (κ3) is 9.13. The van der Waals surface area contributed by atoms with Gasteiger partial charge in [0.15, 0.2) is 0 Å². The van der Waals surface area contributed by atoms with E-state index in [9.17, 15) is 9.59 Å². The smallest absolute Gasteiger partial charge is 0.239 e. The molecule has 0 saturated heterocycles. The number of hydrogen-bond donors (Lipinski definition) is 2.